The van der Waals surface area contributed by atoms with E-state index in [1.807, 2.05) is 49.5 Å². The second kappa shape index (κ2) is 5.78. The van der Waals surface area contributed by atoms with Crippen LogP contribution in [0.2, 0.25) is 0 Å². The molecule has 2 rings (SSSR count). The van der Waals surface area contributed by atoms with Crippen LogP contribution in [0.15, 0.2) is 53.6 Å². The summed E-state index contributed by atoms with van der Waals surface area (Å²) in [5.74, 6) is 0.945. The van der Waals surface area contributed by atoms with E-state index in [4.69, 9.17) is 0 Å². The molecule has 0 aliphatic rings. The molecule has 0 saturated heterocycles. The Kier molecular flexibility index (Phi) is 4.10. The van der Waals surface area contributed by atoms with Crippen LogP contribution >= 0.6 is 0 Å². The van der Waals surface area contributed by atoms with Gasteiger partial charge in [0.1, 0.15) is 5.82 Å². The van der Waals surface area contributed by atoms with E-state index in [0.29, 0.717) is 0 Å². The summed E-state index contributed by atoms with van der Waals surface area (Å²) in [7, 11) is 1.10. The van der Waals surface area contributed by atoms with Crippen molar-refractivity contribution in [3.8, 4) is 0 Å². The standard InChI is InChI=1S/C14H16N2OS/c1-16(14-5-3-4-10-15-14)11-12-6-8-13(9-7-12)18(2)17/h3-10H,11H2,1-2H3/t18-/m0/s1. The zero-order valence-electron chi connectivity index (χ0n) is 10.5. The lowest BCUT2D eigenvalue weighted by Gasteiger charge is -2.18. The molecule has 0 amide bonds. The second-order valence-electron chi connectivity index (χ2n) is 4.14. The average Bonchev–Trinajstić information content (AvgIpc) is 2.40. The van der Waals surface area contributed by atoms with E-state index in [2.05, 4.69) is 9.88 Å². The Morgan fingerprint density at radius 3 is 2.44 bits per heavy atom. The number of rotatable bonds is 4. The van der Waals surface area contributed by atoms with Gasteiger partial charge in [0.2, 0.25) is 0 Å². The minimum atomic E-state index is -0.912. The zero-order chi connectivity index (χ0) is 13.0. The largest absolute Gasteiger partial charge is 0.355 e. The summed E-state index contributed by atoms with van der Waals surface area (Å²) in [6.07, 6.45) is 3.48. The highest BCUT2D eigenvalue weighted by Gasteiger charge is 2.03. The molecule has 0 fully saturated rings. The molecule has 1 atom stereocenters. The van der Waals surface area contributed by atoms with E-state index < -0.39 is 10.8 Å². The number of hydrogen-bond acceptors (Lipinski definition) is 3. The topological polar surface area (TPSA) is 33.2 Å². The fourth-order valence-electron chi connectivity index (χ4n) is 1.72. The third kappa shape index (κ3) is 3.17. The first-order valence-electron chi connectivity index (χ1n) is 5.71. The maximum atomic E-state index is 11.3. The van der Waals surface area contributed by atoms with Gasteiger partial charge in [-0.2, -0.15) is 0 Å². The van der Waals surface area contributed by atoms with Gasteiger partial charge in [0.15, 0.2) is 0 Å². The van der Waals surface area contributed by atoms with E-state index in [-0.39, 0.29) is 0 Å². The minimum absolute atomic E-state index is 0.785. The molecule has 0 bridgehead atoms. The number of nitrogens with zero attached hydrogens (tertiary/aromatic N) is 2. The van der Waals surface area contributed by atoms with Crippen molar-refractivity contribution in [2.75, 3.05) is 18.2 Å². The Bertz CT molecular complexity index is 525. The van der Waals surface area contributed by atoms with Gasteiger partial charge < -0.3 is 4.90 Å². The molecule has 0 aliphatic carbocycles. The molecule has 0 N–H and O–H groups in total. The van der Waals surface area contributed by atoms with Gasteiger partial charge in [0, 0.05) is 41.7 Å². The molecule has 1 heterocycles. The smallest absolute Gasteiger partial charge is 0.128 e. The van der Waals surface area contributed by atoms with Gasteiger partial charge in [-0.3, -0.25) is 4.21 Å². The molecular formula is C14H16N2OS. The molecular weight excluding hydrogens is 244 g/mol. The average molecular weight is 260 g/mol. The molecule has 1 aromatic carbocycles. The monoisotopic (exact) mass is 260 g/mol. The summed E-state index contributed by atoms with van der Waals surface area (Å²) in [6.45, 7) is 0.785. The van der Waals surface area contributed by atoms with Crippen LogP contribution in [0.4, 0.5) is 5.82 Å². The molecule has 18 heavy (non-hydrogen) atoms. The van der Waals surface area contributed by atoms with E-state index in [1.165, 1.54) is 5.56 Å². The predicted molar refractivity (Wildman–Crippen MR) is 75.1 cm³/mol. The van der Waals surface area contributed by atoms with Crippen LogP contribution in [0.1, 0.15) is 5.56 Å². The summed E-state index contributed by atoms with van der Waals surface area (Å²) in [6, 6.07) is 13.7. The Morgan fingerprint density at radius 2 is 1.89 bits per heavy atom. The van der Waals surface area contributed by atoms with Crippen LogP contribution in [-0.4, -0.2) is 22.5 Å². The third-order valence-electron chi connectivity index (χ3n) is 2.72. The Balaban J connectivity index is 2.08. The molecule has 94 valence electrons. The summed E-state index contributed by atoms with van der Waals surface area (Å²) >= 11 is 0. The Morgan fingerprint density at radius 1 is 1.17 bits per heavy atom. The summed E-state index contributed by atoms with van der Waals surface area (Å²) in [4.78, 5) is 7.24. The number of anilines is 1. The van der Waals surface area contributed by atoms with Crippen LogP contribution in [0.3, 0.4) is 0 Å². The van der Waals surface area contributed by atoms with Crippen LogP contribution in [0, 0.1) is 0 Å². The van der Waals surface area contributed by atoms with Crippen molar-refractivity contribution in [3.63, 3.8) is 0 Å². The number of pyridine rings is 1. The van der Waals surface area contributed by atoms with Gasteiger partial charge in [-0.05, 0) is 29.8 Å². The first-order chi connectivity index (χ1) is 8.66. The first kappa shape index (κ1) is 12.8. The maximum Gasteiger partial charge on any atom is 0.128 e. The molecule has 4 heteroatoms. The molecule has 0 aliphatic heterocycles. The molecule has 3 nitrogen and oxygen atoms in total. The van der Waals surface area contributed by atoms with Crippen molar-refractivity contribution in [2.24, 2.45) is 0 Å². The SMILES string of the molecule is CN(Cc1ccc([S@](C)=O)cc1)c1ccccn1. The predicted octanol–water partition coefficient (Wildman–Crippen LogP) is 2.46. The van der Waals surface area contributed by atoms with Crippen LogP contribution in [0.25, 0.3) is 0 Å². The minimum Gasteiger partial charge on any atom is -0.355 e. The van der Waals surface area contributed by atoms with Gasteiger partial charge in [-0.15, -0.1) is 0 Å². The fourth-order valence-corrected chi connectivity index (χ4v) is 2.24. The van der Waals surface area contributed by atoms with Gasteiger partial charge in [0.05, 0.1) is 0 Å². The fraction of sp³-hybridized carbons (Fsp3) is 0.214. The van der Waals surface area contributed by atoms with Crippen molar-refractivity contribution in [3.05, 3.63) is 54.2 Å². The summed E-state index contributed by atoms with van der Waals surface area (Å²) < 4.78 is 11.3. The van der Waals surface area contributed by atoms with E-state index >= 15 is 0 Å². The highest BCUT2D eigenvalue weighted by Crippen LogP contribution is 2.13. The molecule has 0 radical (unpaired) electrons. The third-order valence-corrected chi connectivity index (χ3v) is 3.65. The van der Waals surface area contributed by atoms with E-state index in [0.717, 1.165) is 17.3 Å². The summed E-state index contributed by atoms with van der Waals surface area (Å²) in [5.41, 5.74) is 1.18. The van der Waals surface area contributed by atoms with E-state index in [1.54, 1.807) is 12.5 Å². The van der Waals surface area contributed by atoms with Crippen molar-refractivity contribution < 1.29 is 4.21 Å². The van der Waals surface area contributed by atoms with Crippen molar-refractivity contribution in [1.29, 1.82) is 0 Å². The normalized spacial score (nSPS) is 12.1. The quantitative estimate of drug-likeness (QED) is 0.846. The first-order valence-corrected chi connectivity index (χ1v) is 7.27. The lowest BCUT2D eigenvalue weighted by atomic mass is 10.2. The number of hydrogen-bond donors (Lipinski definition) is 0. The van der Waals surface area contributed by atoms with Crippen molar-refractivity contribution in [2.45, 2.75) is 11.4 Å². The van der Waals surface area contributed by atoms with Gasteiger partial charge in [-0.1, -0.05) is 18.2 Å². The molecule has 0 saturated carbocycles. The highest BCUT2D eigenvalue weighted by molar-refractivity contribution is 7.84. The molecule has 0 unspecified atom stereocenters. The second-order valence-corrected chi connectivity index (χ2v) is 5.52. The van der Waals surface area contributed by atoms with Gasteiger partial charge in [0.25, 0.3) is 0 Å². The van der Waals surface area contributed by atoms with Crippen LogP contribution in [0.5, 0.6) is 0 Å². The Labute approximate surface area is 110 Å². The van der Waals surface area contributed by atoms with Crippen LogP contribution in [-0.2, 0) is 17.3 Å². The molecule has 0 spiro atoms. The maximum absolute atomic E-state index is 11.3. The van der Waals surface area contributed by atoms with Crippen LogP contribution < -0.4 is 4.90 Å². The zero-order valence-corrected chi connectivity index (χ0v) is 11.4. The van der Waals surface area contributed by atoms with Gasteiger partial charge in [-0.25, -0.2) is 4.98 Å². The number of benzene rings is 1. The van der Waals surface area contributed by atoms with Gasteiger partial charge >= 0.3 is 0 Å². The lowest BCUT2D eigenvalue weighted by molar-refractivity contribution is 0.687. The highest BCUT2D eigenvalue weighted by atomic mass is 32.2. The number of aromatic nitrogens is 1. The lowest BCUT2D eigenvalue weighted by Crippen LogP contribution is -2.17. The molecule has 1 aromatic heterocycles. The van der Waals surface area contributed by atoms with Crippen molar-refractivity contribution in [1.82, 2.24) is 4.98 Å². The summed E-state index contributed by atoms with van der Waals surface area (Å²) in [5, 5.41) is 0. The van der Waals surface area contributed by atoms with Crippen molar-refractivity contribution >= 4 is 16.6 Å². The van der Waals surface area contributed by atoms with E-state index in [9.17, 15) is 4.21 Å². The molecule has 2 aromatic rings. The Hall–Kier alpha value is -1.68.